The number of sulfonamides is 1. The lowest BCUT2D eigenvalue weighted by Gasteiger charge is -2.37. The molecule has 7 nitrogen and oxygen atoms in total. The van der Waals surface area contributed by atoms with Gasteiger partial charge in [-0.05, 0) is 19.8 Å². The van der Waals surface area contributed by atoms with E-state index in [4.69, 9.17) is 0 Å². The van der Waals surface area contributed by atoms with Gasteiger partial charge in [0, 0.05) is 26.2 Å². The lowest BCUT2D eigenvalue weighted by Crippen LogP contribution is -2.54. The minimum Gasteiger partial charge on any atom is -0.296 e. The van der Waals surface area contributed by atoms with Gasteiger partial charge in [-0.25, -0.2) is 8.42 Å². The topological polar surface area (TPSA) is 75.5 Å². The molecule has 1 aliphatic rings. The average molecular weight is 326 g/mol. The molecule has 2 heterocycles. The first-order chi connectivity index (χ1) is 10.2. The fraction of sp³-hybridized carbons (Fsp3) is 0.571. The molecular weight excluding hydrogens is 304 g/mol. The second-order valence-corrected chi connectivity index (χ2v) is 7.66. The number of aromatic nitrogens is 2. The molecular formula is C14H22N4O3S. The monoisotopic (exact) mass is 326 g/mol. The van der Waals surface area contributed by atoms with E-state index in [2.05, 4.69) is 11.7 Å². The Balaban J connectivity index is 2.32. The first-order valence-corrected chi connectivity index (χ1v) is 8.97. The van der Waals surface area contributed by atoms with Gasteiger partial charge < -0.3 is 0 Å². The first kappa shape index (κ1) is 16.7. The summed E-state index contributed by atoms with van der Waals surface area (Å²) in [7, 11) is -1.73. The number of anilines is 1. The average Bonchev–Trinajstić information content (AvgIpc) is 2.81. The molecule has 0 spiro atoms. The van der Waals surface area contributed by atoms with Crippen molar-refractivity contribution < 1.29 is 13.2 Å². The molecule has 1 aromatic rings. The molecule has 1 atom stereocenters. The summed E-state index contributed by atoms with van der Waals surface area (Å²) < 4.78 is 27.0. The molecule has 8 heteroatoms. The van der Waals surface area contributed by atoms with Crippen LogP contribution in [0.15, 0.2) is 24.4 Å². The highest BCUT2D eigenvalue weighted by Gasteiger charge is 2.38. The fourth-order valence-corrected chi connectivity index (χ4v) is 3.82. The van der Waals surface area contributed by atoms with Crippen molar-refractivity contribution in [2.45, 2.75) is 25.8 Å². The van der Waals surface area contributed by atoms with Crippen LogP contribution in [0.2, 0.25) is 0 Å². The molecule has 0 N–H and O–H groups in total. The summed E-state index contributed by atoms with van der Waals surface area (Å²) in [4.78, 5) is 14.4. The highest BCUT2D eigenvalue weighted by atomic mass is 32.2. The Hall–Kier alpha value is -1.67. The summed E-state index contributed by atoms with van der Waals surface area (Å²) in [6.07, 6.45) is 4.01. The smallest absolute Gasteiger partial charge is 0.246 e. The van der Waals surface area contributed by atoms with Crippen LogP contribution in [0.5, 0.6) is 0 Å². The van der Waals surface area contributed by atoms with Crippen LogP contribution in [0.25, 0.3) is 0 Å². The molecule has 0 saturated carbocycles. The van der Waals surface area contributed by atoms with Gasteiger partial charge >= 0.3 is 0 Å². The number of rotatable bonds is 5. The molecule has 22 heavy (non-hydrogen) atoms. The maximum Gasteiger partial charge on any atom is 0.246 e. The first-order valence-electron chi connectivity index (χ1n) is 7.12. The van der Waals surface area contributed by atoms with Crippen molar-refractivity contribution in [3.05, 3.63) is 24.4 Å². The Morgan fingerprint density at radius 1 is 1.55 bits per heavy atom. The van der Waals surface area contributed by atoms with Crippen LogP contribution >= 0.6 is 0 Å². The minimum absolute atomic E-state index is 0.161. The summed E-state index contributed by atoms with van der Waals surface area (Å²) >= 11 is 0. The maximum atomic E-state index is 12.8. The molecule has 1 fully saturated rings. The predicted octanol–water partition coefficient (Wildman–Crippen LogP) is 0.753. The highest BCUT2D eigenvalue weighted by Crippen LogP contribution is 2.25. The van der Waals surface area contributed by atoms with Gasteiger partial charge in [-0.3, -0.25) is 14.4 Å². The number of hydrogen-bond acceptors (Lipinski definition) is 4. The molecule has 0 aromatic carbocycles. The summed E-state index contributed by atoms with van der Waals surface area (Å²) in [6.45, 7) is 6.25. The molecule has 122 valence electrons. The lowest BCUT2D eigenvalue weighted by molar-refractivity contribution is -0.123. The number of carbonyl (C=O) groups excluding carboxylic acids is 1. The Kier molecular flexibility index (Phi) is 4.72. The van der Waals surface area contributed by atoms with Crippen LogP contribution in [-0.2, 0) is 21.9 Å². The van der Waals surface area contributed by atoms with Crippen LogP contribution in [0.4, 0.5) is 5.82 Å². The fourth-order valence-electron chi connectivity index (χ4n) is 2.71. The van der Waals surface area contributed by atoms with E-state index in [1.165, 1.54) is 4.31 Å². The standard InChI is InChI=1S/C14H22N4O3S/c1-11(2)10-18(22(4,20)21)12-6-5-9-17(14(12)19)13-7-8-15-16(13)3/h7-8,12H,1,5-6,9-10H2,2-4H3. The Labute approximate surface area is 131 Å². The maximum absolute atomic E-state index is 12.8. The molecule has 1 unspecified atom stereocenters. The van der Waals surface area contributed by atoms with Crippen molar-refractivity contribution in [3.63, 3.8) is 0 Å². The molecule has 1 aliphatic heterocycles. The Bertz CT molecular complexity index is 680. The molecule has 0 bridgehead atoms. The van der Waals surface area contributed by atoms with Crippen molar-refractivity contribution in [2.24, 2.45) is 7.05 Å². The summed E-state index contributed by atoms with van der Waals surface area (Å²) in [5.41, 5.74) is 0.705. The van der Waals surface area contributed by atoms with E-state index in [9.17, 15) is 13.2 Å². The number of hydrogen-bond donors (Lipinski definition) is 0. The van der Waals surface area contributed by atoms with Gasteiger partial charge in [0.1, 0.15) is 11.9 Å². The lowest BCUT2D eigenvalue weighted by atomic mass is 10.0. The van der Waals surface area contributed by atoms with Crippen molar-refractivity contribution in [2.75, 3.05) is 24.2 Å². The van der Waals surface area contributed by atoms with E-state index < -0.39 is 16.1 Å². The summed E-state index contributed by atoms with van der Waals surface area (Å²) in [5.74, 6) is 0.472. The van der Waals surface area contributed by atoms with Crippen molar-refractivity contribution in [1.29, 1.82) is 0 Å². The molecule has 1 aromatic heterocycles. The molecule has 0 radical (unpaired) electrons. The Morgan fingerprint density at radius 2 is 2.23 bits per heavy atom. The quantitative estimate of drug-likeness (QED) is 0.749. The zero-order chi connectivity index (χ0) is 16.5. The largest absolute Gasteiger partial charge is 0.296 e. The third kappa shape index (κ3) is 3.38. The second-order valence-electron chi connectivity index (χ2n) is 5.73. The van der Waals surface area contributed by atoms with E-state index >= 15 is 0 Å². The van der Waals surface area contributed by atoms with Crippen LogP contribution in [0.3, 0.4) is 0 Å². The SMILES string of the molecule is C=C(C)CN(C1CCCN(c2ccnn2C)C1=O)S(C)(=O)=O. The zero-order valence-electron chi connectivity index (χ0n) is 13.2. The van der Waals surface area contributed by atoms with E-state index in [0.29, 0.717) is 24.4 Å². The van der Waals surface area contributed by atoms with Crippen molar-refractivity contribution >= 4 is 21.7 Å². The minimum atomic E-state index is -3.49. The van der Waals surface area contributed by atoms with E-state index in [1.54, 1.807) is 35.8 Å². The normalized spacial score (nSPS) is 19.7. The van der Waals surface area contributed by atoms with Crippen LogP contribution in [0.1, 0.15) is 19.8 Å². The van der Waals surface area contributed by atoms with Crippen LogP contribution in [-0.4, -0.2) is 53.8 Å². The number of amides is 1. The third-order valence-corrected chi connectivity index (χ3v) is 4.92. The summed E-state index contributed by atoms with van der Waals surface area (Å²) in [5, 5.41) is 4.07. The van der Waals surface area contributed by atoms with Gasteiger partial charge in [0.15, 0.2) is 0 Å². The molecule has 1 saturated heterocycles. The number of aryl methyl sites for hydroxylation is 1. The molecule has 2 rings (SSSR count). The third-order valence-electron chi connectivity index (χ3n) is 3.68. The van der Waals surface area contributed by atoms with Crippen molar-refractivity contribution in [1.82, 2.24) is 14.1 Å². The van der Waals surface area contributed by atoms with Crippen molar-refractivity contribution in [3.8, 4) is 0 Å². The molecule has 1 amide bonds. The van der Waals surface area contributed by atoms with Gasteiger partial charge in [0.25, 0.3) is 0 Å². The summed E-state index contributed by atoms with van der Waals surface area (Å²) in [6, 6.07) is 1.07. The van der Waals surface area contributed by atoms with Crippen LogP contribution < -0.4 is 4.90 Å². The van der Waals surface area contributed by atoms with E-state index in [1.807, 2.05) is 0 Å². The highest BCUT2D eigenvalue weighted by molar-refractivity contribution is 7.88. The number of piperidine rings is 1. The van der Waals surface area contributed by atoms with Gasteiger partial charge in [-0.2, -0.15) is 9.40 Å². The van der Waals surface area contributed by atoms with E-state index in [-0.39, 0.29) is 12.5 Å². The van der Waals surface area contributed by atoms with Gasteiger partial charge in [-0.15, -0.1) is 0 Å². The van der Waals surface area contributed by atoms with Gasteiger partial charge in [0.05, 0.1) is 12.5 Å². The van der Waals surface area contributed by atoms with Gasteiger partial charge in [-0.1, -0.05) is 12.2 Å². The zero-order valence-corrected chi connectivity index (χ0v) is 14.0. The van der Waals surface area contributed by atoms with Crippen LogP contribution in [0, 0.1) is 0 Å². The van der Waals surface area contributed by atoms with E-state index in [0.717, 1.165) is 12.7 Å². The van der Waals surface area contributed by atoms with Gasteiger partial charge in [0.2, 0.25) is 15.9 Å². The number of nitrogens with zero attached hydrogens (tertiary/aromatic N) is 4. The number of carbonyl (C=O) groups is 1. The predicted molar refractivity (Wildman–Crippen MR) is 84.9 cm³/mol. The Morgan fingerprint density at radius 3 is 2.73 bits per heavy atom. The molecule has 0 aliphatic carbocycles. The second kappa shape index (κ2) is 6.21.